The van der Waals surface area contributed by atoms with Gasteiger partial charge in [-0.1, -0.05) is 37.9 Å². The van der Waals surface area contributed by atoms with E-state index in [1.165, 1.54) is 17.1 Å². The summed E-state index contributed by atoms with van der Waals surface area (Å²) in [5.41, 5.74) is 1.01. The van der Waals surface area contributed by atoms with Gasteiger partial charge in [-0.2, -0.15) is 5.10 Å². The molecule has 2 rings (SSSR count). The van der Waals surface area contributed by atoms with E-state index >= 15 is 0 Å². The summed E-state index contributed by atoms with van der Waals surface area (Å²) in [7, 11) is 0. The number of carbonyl (C=O) groups excluding carboxylic acids is 1. The number of aliphatic carboxylic acids is 1. The van der Waals surface area contributed by atoms with Crippen LogP contribution in [-0.2, 0) is 4.79 Å². The number of aromatic nitrogens is 2. The normalized spacial score (nSPS) is 13.3. The molecule has 0 aliphatic heterocycles. The lowest BCUT2D eigenvalue weighted by atomic mass is 9.99. The molecule has 122 valence electrons. The Morgan fingerprint density at radius 2 is 2.17 bits per heavy atom. The number of hydrogen-bond donors (Lipinski definition) is 2. The first kappa shape index (κ1) is 17.0. The molecule has 2 atom stereocenters. The van der Waals surface area contributed by atoms with Gasteiger partial charge in [0.1, 0.15) is 6.04 Å². The molecule has 2 N–H and O–H groups in total. The van der Waals surface area contributed by atoms with E-state index in [-0.39, 0.29) is 5.92 Å². The lowest BCUT2D eigenvalue weighted by Crippen LogP contribution is -2.44. The number of carboxylic acid groups (broad SMARTS) is 1. The molecule has 1 aromatic heterocycles. The van der Waals surface area contributed by atoms with Gasteiger partial charge in [-0.15, -0.1) is 0 Å². The van der Waals surface area contributed by atoms with Crippen LogP contribution in [0, 0.1) is 5.92 Å². The standard InChI is InChI=1S/C16H18ClN3O3/c1-3-10(2)14(16(22)23)19-15(21)11-8-18-20(9-11)13-6-4-5-12(17)7-13/h4-10,14H,3H2,1-2H3,(H,19,21)(H,22,23). The summed E-state index contributed by atoms with van der Waals surface area (Å²) in [6, 6.07) is 6.12. The van der Waals surface area contributed by atoms with Crippen molar-refractivity contribution in [1.29, 1.82) is 0 Å². The molecule has 0 aliphatic rings. The van der Waals surface area contributed by atoms with Crippen molar-refractivity contribution in [2.45, 2.75) is 26.3 Å². The Morgan fingerprint density at radius 1 is 1.43 bits per heavy atom. The fourth-order valence-electron chi connectivity index (χ4n) is 2.11. The summed E-state index contributed by atoms with van der Waals surface area (Å²) in [4.78, 5) is 23.5. The lowest BCUT2D eigenvalue weighted by Gasteiger charge is -2.19. The molecule has 0 radical (unpaired) electrons. The predicted octanol–water partition coefficient (Wildman–Crippen LogP) is 2.75. The van der Waals surface area contributed by atoms with Gasteiger partial charge >= 0.3 is 5.97 Å². The Kier molecular flexibility index (Phi) is 5.39. The Labute approximate surface area is 139 Å². The number of rotatable bonds is 6. The largest absolute Gasteiger partial charge is 0.480 e. The molecule has 6 nitrogen and oxygen atoms in total. The third-order valence-corrected chi connectivity index (χ3v) is 3.92. The molecule has 1 amide bonds. The zero-order valence-corrected chi connectivity index (χ0v) is 13.6. The highest BCUT2D eigenvalue weighted by atomic mass is 35.5. The summed E-state index contributed by atoms with van der Waals surface area (Å²) < 4.78 is 1.51. The van der Waals surface area contributed by atoms with Crippen LogP contribution in [0.5, 0.6) is 0 Å². The second kappa shape index (κ2) is 7.28. The predicted molar refractivity (Wildman–Crippen MR) is 86.9 cm³/mol. The number of halogens is 1. The van der Waals surface area contributed by atoms with Crippen molar-refractivity contribution in [2.24, 2.45) is 5.92 Å². The van der Waals surface area contributed by atoms with E-state index in [4.69, 9.17) is 11.6 Å². The van der Waals surface area contributed by atoms with Gasteiger partial charge in [0.2, 0.25) is 0 Å². The summed E-state index contributed by atoms with van der Waals surface area (Å²) >= 11 is 5.93. The molecule has 7 heteroatoms. The smallest absolute Gasteiger partial charge is 0.326 e. The fraction of sp³-hybridized carbons (Fsp3) is 0.312. The minimum absolute atomic E-state index is 0.167. The number of nitrogens with zero attached hydrogens (tertiary/aromatic N) is 2. The third-order valence-electron chi connectivity index (χ3n) is 3.68. The molecule has 1 heterocycles. The molecule has 0 spiro atoms. The van der Waals surface area contributed by atoms with Crippen molar-refractivity contribution < 1.29 is 14.7 Å². The molecule has 0 fully saturated rings. The van der Waals surface area contributed by atoms with Gasteiger partial charge in [-0.3, -0.25) is 4.79 Å². The Hall–Kier alpha value is -2.34. The molecule has 2 aromatic rings. The van der Waals surface area contributed by atoms with Crippen LogP contribution >= 0.6 is 11.6 Å². The highest BCUT2D eigenvalue weighted by Gasteiger charge is 2.26. The van der Waals surface area contributed by atoms with Gasteiger partial charge in [0.05, 0.1) is 17.4 Å². The molecular weight excluding hydrogens is 318 g/mol. The van der Waals surface area contributed by atoms with Gasteiger partial charge < -0.3 is 10.4 Å². The van der Waals surface area contributed by atoms with E-state index in [1.54, 1.807) is 31.2 Å². The van der Waals surface area contributed by atoms with Crippen LogP contribution in [0.1, 0.15) is 30.6 Å². The van der Waals surface area contributed by atoms with Crippen molar-refractivity contribution in [1.82, 2.24) is 15.1 Å². The maximum atomic E-state index is 12.2. The van der Waals surface area contributed by atoms with Crippen molar-refractivity contribution in [3.05, 3.63) is 47.2 Å². The first-order valence-electron chi connectivity index (χ1n) is 7.26. The van der Waals surface area contributed by atoms with E-state index < -0.39 is 17.9 Å². The Balaban J connectivity index is 2.16. The number of nitrogens with one attached hydrogen (secondary N) is 1. The maximum Gasteiger partial charge on any atom is 0.326 e. The van der Waals surface area contributed by atoms with E-state index in [0.717, 1.165) is 0 Å². The summed E-state index contributed by atoms with van der Waals surface area (Å²) in [6.07, 6.45) is 3.58. The first-order chi connectivity index (χ1) is 10.9. The topological polar surface area (TPSA) is 84.2 Å². The minimum atomic E-state index is -1.05. The fourth-order valence-corrected chi connectivity index (χ4v) is 2.29. The van der Waals surface area contributed by atoms with Crippen LogP contribution in [0.4, 0.5) is 0 Å². The van der Waals surface area contributed by atoms with Crippen LogP contribution in [-0.4, -0.2) is 32.8 Å². The van der Waals surface area contributed by atoms with E-state index in [2.05, 4.69) is 10.4 Å². The monoisotopic (exact) mass is 335 g/mol. The first-order valence-corrected chi connectivity index (χ1v) is 7.64. The molecule has 2 unspecified atom stereocenters. The molecule has 0 saturated heterocycles. The number of carbonyl (C=O) groups is 2. The highest BCUT2D eigenvalue weighted by Crippen LogP contribution is 2.15. The molecular formula is C16H18ClN3O3. The number of amides is 1. The summed E-state index contributed by atoms with van der Waals surface area (Å²) in [6.45, 7) is 3.67. The second-order valence-electron chi connectivity index (χ2n) is 5.33. The summed E-state index contributed by atoms with van der Waals surface area (Å²) in [5.74, 6) is -1.68. The number of benzene rings is 1. The lowest BCUT2D eigenvalue weighted by molar-refractivity contribution is -0.140. The average Bonchev–Trinajstić information content (AvgIpc) is 3.01. The maximum absolute atomic E-state index is 12.2. The van der Waals surface area contributed by atoms with Crippen molar-refractivity contribution >= 4 is 23.5 Å². The Morgan fingerprint density at radius 3 is 2.78 bits per heavy atom. The molecule has 23 heavy (non-hydrogen) atoms. The van der Waals surface area contributed by atoms with Crippen molar-refractivity contribution in [2.75, 3.05) is 0 Å². The van der Waals surface area contributed by atoms with Crippen LogP contribution in [0.2, 0.25) is 5.02 Å². The average molecular weight is 336 g/mol. The number of hydrogen-bond acceptors (Lipinski definition) is 3. The third kappa shape index (κ3) is 4.10. The van der Waals surface area contributed by atoms with Crippen LogP contribution in [0.25, 0.3) is 5.69 Å². The zero-order chi connectivity index (χ0) is 17.0. The molecule has 1 aromatic carbocycles. The van der Waals surface area contributed by atoms with Crippen LogP contribution in [0.3, 0.4) is 0 Å². The van der Waals surface area contributed by atoms with Crippen LogP contribution in [0.15, 0.2) is 36.7 Å². The van der Waals surface area contributed by atoms with Gasteiger partial charge in [0.15, 0.2) is 0 Å². The van der Waals surface area contributed by atoms with Crippen molar-refractivity contribution in [3.8, 4) is 5.69 Å². The molecule has 0 aliphatic carbocycles. The number of carboxylic acids is 1. The van der Waals surface area contributed by atoms with Gasteiger partial charge in [-0.05, 0) is 24.1 Å². The van der Waals surface area contributed by atoms with Gasteiger partial charge in [-0.25, -0.2) is 9.48 Å². The van der Waals surface area contributed by atoms with Crippen LogP contribution < -0.4 is 5.32 Å². The van der Waals surface area contributed by atoms with Gasteiger partial charge in [0, 0.05) is 11.2 Å². The Bertz CT molecular complexity index is 714. The van der Waals surface area contributed by atoms with Crippen molar-refractivity contribution in [3.63, 3.8) is 0 Å². The molecule has 0 bridgehead atoms. The summed E-state index contributed by atoms with van der Waals surface area (Å²) in [5, 5.41) is 16.5. The van der Waals surface area contributed by atoms with Gasteiger partial charge in [0.25, 0.3) is 5.91 Å². The molecule has 0 saturated carbocycles. The minimum Gasteiger partial charge on any atom is -0.480 e. The highest BCUT2D eigenvalue weighted by molar-refractivity contribution is 6.30. The SMILES string of the molecule is CCC(C)C(NC(=O)c1cnn(-c2cccc(Cl)c2)c1)C(=O)O. The second-order valence-corrected chi connectivity index (χ2v) is 5.76. The quantitative estimate of drug-likeness (QED) is 0.850. The van der Waals surface area contributed by atoms with E-state index in [1.807, 2.05) is 6.92 Å². The van der Waals surface area contributed by atoms with E-state index in [9.17, 15) is 14.7 Å². The van der Waals surface area contributed by atoms with E-state index in [0.29, 0.717) is 22.7 Å². The zero-order valence-electron chi connectivity index (χ0n) is 12.9.